The van der Waals surface area contributed by atoms with Gasteiger partial charge in [-0.05, 0) is 30.5 Å². The van der Waals surface area contributed by atoms with Crippen LogP contribution in [0.5, 0.6) is 5.75 Å². The van der Waals surface area contributed by atoms with Gasteiger partial charge in [0.25, 0.3) is 5.91 Å². The Hall–Kier alpha value is -2.50. The van der Waals surface area contributed by atoms with Crippen molar-refractivity contribution in [1.29, 1.82) is 0 Å². The summed E-state index contributed by atoms with van der Waals surface area (Å²) in [6.45, 7) is 6.72. The standard InChI is InChI=1S/C19H25N3O3/c1-11(2)12(3)22-10-15-16(18(22)23)17(20-19(24)21(15)4)13-7-6-8-14(9-13)25-5/h6-9,11-12,17H,10H2,1-5H3,(H,20,24). The van der Waals surface area contributed by atoms with E-state index >= 15 is 0 Å². The third-order valence-corrected chi connectivity index (χ3v) is 5.27. The fraction of sp³-hybridized carbons (Fsp3) is 0.474. The van der Waals surface area contributed by atoms with Gasteiger partial charge >= 0.3 is 6.03 Å². The van der Waals surface area contributed by atoms with Crippen molar-refractivity contribution in [3.8, 4) is 5.75 Å². The molecule has 0 aromatic heterocycles. The zero-order valence-electron chi connectivity index (χ0n) is 15.4. The fourth-order valence-corrected chi connectivity index (χ4v) is 3.35. The number of rotatable bonds is 4. The first-order valence-corrected chi connectivity index (χ1v) is 8.57. The Balaban J connectivity index is 2.03. The van der Waals surface area contributed by atoms with Crippen molar-refractivity contribution in [3.05, 3.63) is 41.1 Å². The van der Waals surface area contributed by atoms with Gasteiger partial charge in [-0.15, -0.1) is 0 Å². The van der Waals surface area contributed by atoms with Crippen LogP contribution in [0.15, 0.2) is 35.5 Å². The number of ether oxygens (including phenoxy) is 1. The van der Waals surface area contributed by atoms with E-state index in [9.17, 15) is 9.59 Å². The minimum atomic E-state index is -0.453. The number of nitrogens with one attached hydrogen (secondary N) is 1. The molecule has 2 heterocycles. The highest BCUT2D eigenvalue weighted by Crippen LogP contribution is 2.37. The summed E-state index contributed by atoms with van der Waals surface area (Å²) in [6.07, 6.45) is 0. The van der Waals surface area contributed by atoms with Gasteiger partial charge in [0.1, 0.15) is 5.75 Å². The average molecular weight is 343 g/mol. The molecular formula is C19H25N3O3. The van der Waals surface area contributed by atoms with Crippen molar-refractivity contribution in [2.75, 3.05) is 20.7 Å². The zero-order chi connectivity index (χ0) is 18.3. The van der Waals surface area contributed by atoms with Crippen molar-refractivity contribution in [3.63, 3.8) is 0 Å². The molecule has 1 aromatic rings. The molecule has 0 bridgehead atoms. The maximum absolute atomic E-state index is 13.1. The lowest BCUT2D eigenvalue weighted by molar-refractivity contribution is -0.128. The fourth-order valence-electron chi connectivity index (χ4n) is 3.35. The number of carbonyl (C=O) groups is 2. The summed E-state index contributed by atoms with van der Waals surface area (Å²) in [7, 11) is 3.31. The maximum atomic E-state index is 13.1. The normalized spacial score (nSPS) is 21.6. The van der Waals surface area contributed by atoms with Gasteiger partial charge in [-0.25, -0.2) is 4.79 Å². The predicted octanol–water partition coefficient (Wildman–Crippen LogP) is 2.53. The molecule has 3 rings (SSSR count). The molecule has 0 saturated heterocycles. The van der Waals surface area contributed by atoms with E-state index in [4.69, 9.17) is 4.74 Å². The molecule has 0 saturated carbocycles. The number of urea groups is 1. The van der Waals surface area contributed by atoms with Crippen LogP contribution in [0.4, 0.5) is 4.79 Å². The Morgan fingerprint density at radius 2 is 1.96 bits per heavy atom. The first-order valence-electron chi connectivity index (χ1n) is 8.57. The van der Waals surface area contributed by atoms with Gasteiger partial charge < -0.3 is 15.0 Å². The van der Waals surface area contributed by atoms with E-state index in [-0.39, 0.29) is 18.0 Å². The van der Waals surface area contributed by atoms with Crippen molar-refractivity contribution in [1.82, 2.24) is 15.1 Å². The highest BCUT2D eigenvalue weighted by Gasteiger charge is 2.44. The van der Waals surface area contributed by atoms with Crippen LogP contribution in [0.3, 0.4) is 0 Å². The molecule has 134 valence electrons. The number of hydrogen-bond donors (Lipinski definition) is 1. The topological polar surface area (TPSA) is 61.9 Å². The quantitative estimate of drug-likeness (QED) is 0.914. The van der Waals surface area contributed by atoms with Crippen molar-refractivity contribution < 1.29 is 14.3 Å². The summed E-state index contributed by atoms with van der Waals surface area (Å²) in [4.78, 5) is 29.0. The average Bonchev–Trinajstić information content (AvgIpc) is 2.95. The maximum Gasteiger partial charge on any atom is 0.322 e. The number of methoxy groups -OCH3 is 1. The lowest BCUT2D eigenvalue weighted by Crippen LogP contribution is -2.45. The highest BCUT2D eigenvalue weighted by molar-refractivity contribution is 6.01. The monoisotopic (exact) mass is 343 g/mol. The molecule has 0 spiro atoms. The molecule has 3 amide bonds. The summed E-state index contributed by atoms with van der Waals surface area (Å²) in [5.74, 6) is 1.04. The minimum absolute atomic E-state index is 0.00382. The van der Waals surface area contributed by atoms with Gasteiger partial charge in [-0.1, -0.05) is 26.0 Å². The molecule has 1 aromatic carbocycles. The van der Waals surface area contributed by atoms with Crippen molar-refractivity contribution >= 4 is 11.9 Å². The second-order valence-electron chi connectivity index (χ2n) is 7.00. The summed E-state index contributed by atoms with van der Waals surface area (Å²) in [5.41, 5.74) is 2.29. The molecule has 2 aliphatic heterocycles. The Kier molecular flexibility index (Phi) is 4.45. The van der Waals surface area contributed by atoms with Gasteiger partial charge in [0.15, 0.2) is 0 Å². The predicted molar refractivity (Wildman–Crippen MR) is 95.1 cm³/mol. The third-order valence-electron chi connectivity index (χ3n) is 5.27. The van der Waals surface area contributed by atoms with E-state index in [1.165, 1.54) is 0 Å². The van der Waals surface area contributed by atoms with Crippen LogP contribution < -0.4 is 10.1 Å². The van der Waals surface area contributed by atoms with Gasteiger partial charge in [0.05, 0.1) is 31.0 Å². The van der Waals surface area contributed by atoms with Gasteiger partial charge in [-0.2, -0.15) is 0 Å². The van der Waals surface area contributed by atoms with E-state index < -0.39 is 6.04 Å². The van der Waals surface area contributed by atoms with Gasteiger partial charge in [0, 0.05) is 13.1 Å². The molecular weight excluding hydrogens is 318 g/mol. The third kappa shape index (κ3) is 2.86. The van der Waals surface area contributed by atoms with Crippen LogP contribution >= 0.6 is 0 Å². The number of amides is 3. The molecule has 2 unspecified atom stereocenters. The Labute approximate surface area is 148 Å². The van der Waals surface area contributed by atoms with E-state index in [1.807, 2.05) is 29.2 Å². The van der Waals surface area contributed by atoms with Crippen molar-refractivity contribution in [2.45, 2.75) is 32.9 Å². The van der Waals surface area contributed by atoms with Crippen LogP contribution in [0.25, 0.3) is 0 Å². The van der Waals surface area contributed by atoms with Crippen LogP contribution in [-0.4, -0.2) is 48.5 Å². The Morgan fingerprint density at radius 3 is 2.60 bits per heavy atom. The largest absolute Gasteiger partial charge is 0.497 e. The van der Waals surface area contributed by atoms with Crippen LogP contribution in [0.2, 0.25) is 0 Å². The Bertz CT molecular complexity index is 741. The molecule has 0 radical (unpaired) electrons. The molecule has 6 heteroatoms. The summed E-state index contributed by atoms with van der Waals surface area (Å²) >= 11 is 0. The second kappa shape index (κ2) is 6.43. The zero-order valence-corrected chi connectivity index (χ0v) is 15.4. The first kappa shape index (κ1) is 17.3. The molecule has 25 heavy (non-hydrogen) atoms. The molecule has 6 nitrogen and oxygen atoms in total. The number of carbonyl (C=O) groups excluding carboxylic acids is 2. The highest BCUT2D eigenvalue weighted by atomic mass is 16.5. The molecule has 1 N–H and O–H groups in total. The van der Waals surface area contributed by atoms with Gasteiger partial charge in [0.2, 0.25) is 0 Å². The minimum Gasteiger partial charge on any atom is -0.497 e. The van der Waals surface area contributed by atoms with Crippen LogP contribution in [-0.2, 0) is 4.79 Å². The van der Waals surface area contributed by atoms with Crippen LogP contribution in [0.1, 0.15) is 32.4 Å². The van der Waals surface area contributed by atoms with E-state index in [1.54, 1.807) is 19.1 Å². The summed E-state index contributed by atoms with van der Waals surface area (Å²) in [6, 6.07) is 6.94. The SMILES string of the molecule is COc1cccc(C2NC(=O)N(C)C3=C2C(=O)N(C(C)C(C)C)C3)c1. The number of likely N-dealkylation sites (N-methyl/N-ethyl adjacent to an activating group) is 1. The van der Waals surface area contributed by atoms with E-state index in [0.29, 0.717) is 23.8 Å². The molecule has 0 fully saturated rings. The number of nitrogens with zero attached hydrogens (tertiary/aromatic N) is 2. The Morgan fingerprint density at radius 1 is 1.24 bits per heavy atom. The molecule has 0 aliphatic carbocycles. The number of hydrogen-bond acceptors (Lipinski definition) is 3. The first-order chi connectivity index (χ1) is 11.8. The second-order valence-corrected chi connectivity index (χ2v) is 7.00. The van der Waals surface area contributed by atoms with E-state index in [2.05, 4.69) is 26.1 Å². The molecule has 2 aliphatic rings. The number of benzene rings is 1. The molecule has 2 atom stereocenters. The van der Waals surface area contributed by atoms with Gasteiger partial charge in [-0.3, -0.25) is 9.69 Å². The summed E-state index contributed by atoms with van der Waals surface area (Å²) < 4.78 is 5.29. The summed E-state index contributed by atoms with van der Waals surface area (Å²) in [5, 5.41) is 2.95. The van der Waals surface area contributed by atoms with E-state index in [0.717, 1.165) is 11.3 Å². The lowest BCUT2D eigenvalue weighted by Gasteiger charge is -2.31. The smallest absolute Gasteiger partial charge is 0.322 e. The van der Waals surface area contributed by atoms with Crippen LogP contribution in [0, 0.1) is 5.92 Å². The lowest BCUT2D eigenvalue weighted by atomic mass is 9.95. The van der Waals surface area contributed by atoms with Crippen molar-refractivity contribution in [2.24, 2.45) is 5.92 Å².